The predicted octanol–water partition coefficient (Wildman–Crippen LogP) is 3.27. The smallest absolute Gasteiger partial charge is 0.282 e. The molecule has 150 valence electrons. The summed E-state index contributed by atoms with van der Waals surface area (Å²) in [6, 6.07) is 12.5. The van der Waals surface area contributed by atoms with Gasteiger partial charge in [0, 0.05) is 13.1 Å². The van der Waals surface area contributed by atoms with Crippen molar-refractivity contribution in [3.63, 3.8) is 0 Å². The summed E-state index contributed by atoms with van der Waals surface area (Å²) in [4.78, 5) is 30.0. The fourth-order valence-corrected chi connectivity index (χ4v) is 3.86. The Morgan fingerprint density at radius 1 is 1.00 bits per heavy atom. The Morgan fingerprint density at radius 2 is 1.69 bits per heavy atom. The van der Waals surface area contributed by atoms with E-state index in [1.807, 2.05) is 36.1 Å². The fourth-order valence-electron chi connectivity index (χ4n) is 3.61. The van der Waals surface area contributed by atoms with Gasteiger partial charge in [0.05, 0.1) is 36.6 Å². The second-order valence-electron chi connectivity index (χ2n) is 6.95. The van der Waals surface area contributed by atoms with Gasteiger partial charge in [0.25, 0.3) is 11.8 Å². The molecule has 0 radical (unpaired) electrons. The summed E-state index contributed by atoms with van der Waals surface area (Å²) in [6.45, 7) is 4.12. The molecule has 1 fully saturated rings. The third-order valence-electron chi connectivity index (χ3n) is 5.12. The van der Waals surface area contributed by atoms with Crippen molar-refractivity contribution < 1.29 is 19.1 Å². The van der Waals surface area contributed by atoms with Crippen molar-refractivity contribution in [1.29, 1.82) is 0 Å². The summed E-state index contributed by atoms with van der Waals surface area (Å²) in [5.74, 6) is -0.232. The maximum Gasteiger partial charge on any atom is 0.282 e. The van der Waals surface area contributed by atoms with E-state index in [-0.39, 0.29) is 11.8 Å². The molecule has 7 heteroatoms. The number of anilines is 1. The van der Waals surface area contributed by atoms with Gasteiger partial charge < -0.3 is 14.4 Å². The number of carbonyl (C=O) groups excluding carboxylic acids is 2. The molecule has 0 saturated carbocycles. The molecule has 2 amide bonds. The average molecular weight is 413 g/mol. The van der Waals surface area contributed by atoms with E-state index in [1.54, 1.807) is 18.2 Å². The third-order valence-corrected chi connectivity index (χ3v) is 5.42. The zero-order valence-corrected chi connectivity index (χ0v) is 17.0. The van der Waals surface area contributed by atoms with Gasteiger partial charge in [-0.2, -0.15) is 0 Å². The number of imide groups is 1. The molecule has 1 saturated heterocycles. The quantitative estimate of drug-likeness (QED) is 0.721. The van der Waals surface area contributed by atoms with Gasteiger partial charge in [-0.3, -0.25) is 9.59 Å². The Kier molecular flexibility index (Phi) is 5.30. The van der Waals surface area contributed by atoms with E-state index in [9.17, 15) is 9.59 Å². The maximum atomic E-state index is 13.4. The number of morpholine rings is 1. The maximum absolute atomic E-state index is 13.4. The van der Waals surface area contributed by atoms with Crippen molar-refractivity contribution in [3.05, 3.63) is 64.3 Å². The molecular weight excluding hydrogens is 392 g/mol. The number of amides is 2. The second kappa shape index (κ2) is 7.89. The van der Waals surface area contributed by atoms with Crippen LogP contribution in [0.2, 0.25) is 5.02 Å². The van der Waals surface area contributed by atoms with E-state index in [1.165, 1.54) is 12.0 Å². The van der Waals surface area contributed by atoms with Gasteiger partial charge in [-0.05, 0) is 30.7 Å². The minimum atomic E-state index is -0.360. The first kappa shape index (κ1) is 19.5. The fraction of sp³-hybridized carbons (Fsp3) is 0.273. The van der Waals surface area contributed by atoms with E-state index >= 15 is 0 Å². The normalized spacial score (nSPS) is 17.3. The molecule has 2 aromatic carbocycles. The molecule has 0 aromatic heterocycles. The van der Waals surface area contributed by atoms with Crippen molar-refractivity contribution in [2.45, 2.75) is 6.92 Å². The Labute approximate surface area is 174 Å². The number of halogens is 1. The molecule has 0 aliphatic carbocycles. The van der Waals surface area contributed by atoms with Crippen LogP contribution in [0.25, 0.3) is 5.57 Å². The van der Waals surface area contributed by atoms with Gasteiger partial charge in [-0.25, -0.2) is 4.90 Å². The standard InChI is InChI=1S/C22H21ClN2O4/c1-14-3-5-15(6-4-14)19-20(24-9-11-29-12-10-24)22(27)25(21(19)26)16-7-8-18(28-2)17(23)13-16/h3-8,13H,9-12H2,1-2H3. The Bertz CT molecular complexity index is 994. The van der Waals surface area contributed by atoms with Crippen molar-refractivity contribution in [1.82, 2.24) is 4.90 Å². The summed E-state index contributed by atoms with van der Waals surface area (Å²) in [5.41, 5.74) is 3.03. The topological polar surface area (TPSA) is 59.1 Å². The molecule has 2 heterocycles. The monoisotopic (exact) mass is 412 g/mol. The van der Waals surface area contributed by atoms with Gasteiger partial charge >= 0.3 is 0 Å². The molecule has 0 bridgehead atoms. The van der Waals surface area contributed by atoms with Gasteiger partial charge in [-0.15, -0.1) is 0 Å². The van der Waals surface area contributed by atoms with Crippen LogP contribution in [-0.2, 0) is 14.3 Å². The van der Waals surface area contributed by atoms with Gasteiger partial charge in [-0.1, -0.05) is 41.4 Å². The Hall–Kier alpha value is -2.83. The third kappa shape index (κ3) is 3.50. The molecule has 0 spiro atoms. The zero-order chi connectivity index (χ0) is 20.5. The summed E-state index contributed by atoms with van der Waals surface area (Å²) in [7, 11) is 1.51. The summed E-state index contributed by atoms with van der Waals surface area (Å²) >= 11 is 6.24. The lowest BCUT2D eigenvalue weighted by Gasteiger charge is -2.29. The van der Waals surface area contributed by atoms with Gasteiger partial charge in [0.15, 0.2) is 0 Å². The highest BCUT2D eigenvalue weighted by Crippen LogP contribution is 2.37. The molecule has 2 aliphatic rings. The van der Waals surface area contributed by atoms with E-state index in [0.29, 0.717) is 54.0 Å². The number of ether oxygens (including phenoxy) is 2. The molecule has 6 nitrogen and oxygen atoms in total. The highest BCUT2D eigenvalue weighted by Gasteiger charge is 2.42. The van der Waals surface area contributed by atoms with Crippen LogP contribution in [0, 0.1) is 6.92 Å². The van der Waals surface area contributed by atoms with E-state index in [2.05, 4.69) is 0 Å². The van der Waals surface area contributed by atoms with E-state index in [0.717, 1.165) is 11.1 Å². The minimum Gasteiger partial charge on any atom is -0.495 e. The number of rotatable bonds is 4. The molecular formula is C22H21ClN2O4. The van der Waals surface area contributed by atoms with Crippen molar-refractivity contribution in [2.75, 3.05) is 38.3 Å². The highest BCUT2D eigenvalue weighted by molar-refractivity contribution is 6.45. The molecule has 2 aromatic rings. The van der Waals surface area contributed by atoms with Crippen LogP contribution >= 0.6 is 11.6 Å². The summed E-state index contributed by atoms with van der Waals surface area (Å²) in [5, 5.41) is 0.335. The highest BCUT2D eigenvalue weighted by atomic mass is 35.5. The van der Waals surface area contributed by atoms with E-state index in [4.69, 9.17) is 21.1 Å². The van der Waals surface area contributed by atoms with E-state index < -0.39 is 0 Å². The van der Waals surface area contributed by atoms with Crippen LogP contribution in [0.4, 0.5) is 5.69 Å². The van der Waals surface area contributed by atoms with Crippen molar-refractivity contribution in [3.8, 4) is 5.75 Å². The lowest BCUT2D eigenvalue weighted by atomic mass is 10.0. The molecule has 29 heavy (non-hydrogen) atoms. The number of carbonyl (C=O) groups is 2. The number of benzene rings is 2. The second-order valence-corrected chi connectivity index (χ2v) is 7.36. The SMILES string of the molecule is COc1ccc(N2C(=O)C(c3ccc(C)cc3)=C(N3CCOCC3)C2=O)cc1Cl. The first-order chi connectivity index (χ1) is 14.0. The molecule has 0 N–H and O–H groups in total. The van der Waals surface area contributed by atoms with Gasteiger partial charge in [0.1, 0.15) is 11.4 Å². The number of aryl methyl sites for hydroxylation is 1. The van der Waals surface area contributed by atoms with Crippen LogP contribution < -0.4 is 9.64 Å². The Balaban J connectivity index is 1.81. The number of methoxy groups -OCH3 is 1. The van der Waals surface area contributed by atoms with Crippen LogP contribution in [-0.4, -0.2) is 50.1 Å². The van der Waals surface area contributed by atoms with Crippen LogP contribution in [0.15, 0.2) is 48.2 Å². The molecule has 0 unspecified atom stereocenters. The largest absolute Gasteiger partial charge is 0.495 e. The predicted molar refractivity (Wildman–Crippen MR) is 111 cm³/mol. The summed E-state index contributed by atoms with van der Waals surface area (Å²) < 4.78 is 10.6. The lowest BCUT2D eigenvalue weighted by molar-refractivity contribution is -0.121. The lowest BCUT2D eigenvalue weighted by Crippen LogP contribution is -2.40. The van der Waals surface area contributed by atoms with Crippen molar-refractivity contribution in [2.24, 2.45) is 0 Å². The first-order valence-corrected chi connectivity index (χ1v) is 9.75. The number of hydrogen-bond donors (Lipinski definition) is 0. The van der Waals surface area contributed by atoms with Crippen LogP contribution in [0.3, 0.4) is 0 Å². The zero-order valence-electron chi connectivity index (χ0n) is 16.3. The van der Waals surface area contributed by atoms with Gasteiger partial charge in [0.2, 0.25) is 0 Å². The average Bonchev–Trinajstić information content (AvgIpc) is 2.99. The number of hydrogen-bond acceptors (Lipinski definition) is 5. The van der Waals surface area contributed by atoms with Crippen LogP contribution in [0.5, 0.6) is 5.75 Å². The molecule has 4 rings (SSSR count). The first-order valence-electron chi connectivity index (χ1n) is 9.37. The molecule has 2 aliphatic heterocycles. The van der Waals surface area contributed by atoms with Crippen LogP contribution in [0.1, 0.15) is 11.1 Å². The Morgan fingerprint density at radius 3 is 2.31 bits per heavy atom. The van der Waals surface area contributed by atoms with Crippen molar-refractivity contribution >= 4 is 34.7 Å². The minimum absolute atomic E-state index is 0.335. The number of nitrogens with zero attached hydrogens (tertiary/aromatic N) is 2. The summed E-state index contributed by atoms with van der Waals surface area (Å²) in [6.07, 6.45) is 0. The molecule has 0 atom stereocenters.